The SMILES string of the molecule is O=C(O)c1cc(S)n(Cc2ccccc2F)n1. The molecule has 0 aliphatic rings. The van der Waals surface area contributed by atoms with Crippen molar-refractivity contribution in [1.82, 2.24) is 9.78 Å². The first-order chi connectivity index (χ1) is 8.08. The number of nitrogens with zero attached hydrogens (tertiary/aromatic N) is 2. The molecule has 0 aliphatic carbocycles. The second-order valence-corrected chi connectivity index (χ2v) is 3.90. The maximum absolute atomic E-state index is 13.4. The molecule has 0 amide bonds. The summed E-state index contributed by atoms with van der Waals surface area (Å²) in [5.74, 6) is -1.49. The van der Waals surface area contributed by atoms with E-state index in [9.17, 15) is 9.18 Å². The van der Waals surface area contributed by atoms with E-state index in [4.69, 9.17) is 5.11 Å². The fourth-order valence-electron chi connectivity index (χ4n) is 1.42. The second kappa shape index (κ2) is 4.58. The van der Waals surface area contributed by atoms with Crippen LogP contribution in [0.4, 0.5) is 4.39 Å². The second-order valence-electron chi connectivity index (χ2n) is 3.44. The van der Waals surface area contributed by atoms with Gasteiger partial charge in [-0.25, -0.2) is 9.18 Å². The van der Waals surface area contributed by atoms with E-state index in [0.29, 0.717) is 10.6 Å². The third kappa shape index (κ3) is 2.47. The molecule has 1 N–H and O–H groups in total. The number of rotatable bonds is 3. The summed E-state index contributed by atoms with van der Waals surface area (Å²) in [6.45, 7) is 0.152. The van der Waals surface area contributed by atoms with Crippen molar-refractivity contribution < 1.29 is 14.3 Å². The van der Waals surface area contributed by atoms with E-state index in [0.717, 1.165) is 0 Å². The average molecular weight is 252 g/mol. The average Bonchev–Trinajstić information content (AvgIpc) is 2.64. The summed E-state index contributed by atoms with van der Waals surface area (Å²) in [6, 6.07) is 7.58. The lowest BCUT2D eigenvalue weighted by molar-refractivity contribution is 0.0689. The van der Waals surface area contributed by atoms with E-state index in [2.05, 4.69) is 17.7 Å². The molecular formula is C11H9FN2O2S. The molecule has 4 nitrogen and oxygen atoms in total. The molecule has 88 valence electrons. The van der Waals surface area contributed by atoms with Crippen molar-refractivity contribution in [3.05, 3.63) is 47.4 Å². The molecule has 0 saturated heterocycles. The Kier molecular flexibility index (Phi) is 3.14. The van der Waals surface area contributed by atoms with Crippen LogP contribution < -0.4 is 0 Å². The van der Waals surface area contributed by atoms with Gasteiger partial charge < -0.3 is 5.11 Å². The number of thiol groups is 1. The maximum atomic E-state index is 13.4. The minimum atomic E-state index is -1.13. The highest BCUT2D eigenvalue weighted by Gasteiger charge is 2.12. The summed E-state index contributed by atoms with van der Waals surface area (Å²) >= 11 is 4.09. The van der Waals surface area contributed by atoms with E-state index >= 15 is 0 Å². The molecule has 1 aromatic carbocycles. The van der Waals surface area contributed by atoms with Crippen LogP contribution in [0.15, 0.2) is 35.4 Å². The molecule has 0 bridgehead atoms. The molecule has 0 radical (unpaired) electrons. The Morgan fingerprint density at radius 1 is 1.47 bits per heavy atom. The summed E-state index contributed by atoms with van der Waals surface area (Å²) in [6.07, 6.45) is 0. The molecule has 6 heteroatoms. The van der Waals surface area contributed by atoms with Crippen molar-refractivity contribution >= 4 is 18.6 Å². The zero-order chi connectivity index (χ0) is 12.4. The molecule has 0 atom stereocenters. The van der Waals surface area contributed by atoms with Gasteiger partial charge in [0.25, 0.3) is 0 Å². The highest BCUT2D eigenvalue weighted by Crippen LogP contribution is 2.14. The maximum Gasteiger partial charge on any atom is 0.356 e. The van der Waals surface area contributed by atoms with Gasteiger partial charge in [0.2, 0.25) is 0 Å². The van der Waals surface area contributed by atoms with Crippen LogP contribution in [-0.2, 0) is 6.54 Å². The first-order valence-corrected chi connectivity index (χ1v) is 5.26. The molecule has 0 unspecified atom stereocenters. The third-order valence-electron chi connectivity index (χ3n) is 2.26. The van der Waals surface area contributed by atoms with Crippen molar-refractivity contribution in [3.63, 3.8) is 0 Å². The normalized spacial score (nSPS) is 10.5. The quantitative estimate of drug-likeness (QED) is 0.822. The number of carboxylic acids is 1. The summed E-state index contributed by atoms with van der Waals surface area (Å²) < 4.78 is 14.7. The molecule has 0 saturated carbocycles. The molecule has 1 aromatic heterocycles. The van der Waals surface area contributed by atoms with Crippen LogP contribution in [0.3, 0.4) is 0 Å². The first kappa shape index (κ1) is 11.7. The van der Waals surface area contributed by atoms with E-state index in [1.54, 1.807) is 18.2 Å². The van der Waals surface area contributed by atoms with Gasteiger partial charge in [-0.05, 0) is 6.07 Å². The Bertz CT molecular complexity index is 568. The molecule has 0 fully saturated rings. The number of carboxylic acid groups (broad SMARTS) is 1. The fourth-order valence-corrected chi connectivity index (χ4v) is 1.65. The predicted octanol–water partition coefficient (Wildman–Crippen LogP) is 2.06. The van der Waals surface area contributed by atoms with E-state index in [1.165, 1.54) is 16.8 Å². The van der Waals surface area contributed by atoms with Gasteiger partial charge in [-0.2, -0.15) is 5.10 Å². The van der Waals surface area contributed by atoms with E-state index in [-0.39, 0.29) is 18.1 Å². The summed E-state index contributed by atoms with van der Waals surface area (Å²) in [7, 11) is 0. The Balaban J connectivity index is 2.30. The smallest absolute Gasteiger partial charge is 0.356 e. The van der Waals surface area contributed by atoms with Crippen LogP contribution in [0.2, 0.25) is 0 Å². The van der Waals surface area contributed by atoms with E-state index < -0.39 is 5.97 Å². The summed E-state index contributed by atoms with van der Waals surface area (Å²) in [4.78, 5) is 10.7. The molecule has 0 aliphatic heterocycles. The first-order valence-electron chi connectivity index (χ1n) is 4.81. The number of hydrogen-bond acceptors (Lipinski definition) is 3. The van der Waals surface area contributed by atoms with E-state index in [1.807, 2.05) is 0 Å². The fraction of sp³-hybridized carbons (Fsp3) is 0.0909. The van der Waals surface area contributed by atoms with Crippen LogP contribution in [-0.4, -0.2) is 20.9 Å². The van der Waals surface area contributed by atoms with Crippen molar-refractivity contribution in [2.24, 2.45) is 0 Å². The third-order valence-corrected chi connectivity index (χ3v) is 2.62. The Morgan fingerprint density at radius 3 is 2.76 bits per heavy atom. The number of aromatic nitrogens is 2. The summed E-state index contributed by atoms with van der Waals surface area (Å²) in [5, 5.41) is 13.0. The van der Waals surface area contributed by atoms with Gasteiger partial charge in [0.05, 0.1) is 11.6 Å². The van der Waals surface area contributed by atoms with Crippen molar-refractivity contribution in [2.45, 2.75) is 11.6 Å². The van der Waals surface area contributed by atoms with Crippen molar-refractivity contribution in [3.8, 4) is 0 Å². The standard InChI is InChI=1S/C11H9FN2O2S/c12-8-4-2-1-3-7(8)6-14-10(17)5-9(13-14)11(15)16/h1-5,17H,6H2,(H,15,16). The van der Waals surface area contributed by atoms with Gasteiger partial charge in [-0.1, -0.05) is 18.2 Å². The van der Waals surface area contributed by atoms with Gasteiger partial charge in [0.1, 0.15) is 5.82 Å². The highest BCUT2D eigenvalue weighted by molar-refractivity contribution is 7.80. The van der Waals surface area contributed by atoms with Crippen LogP contribution in [0.1, 0.15) is 16.1 Å². The van der Waals surface area contributed by atoms with Gasteiger partial charge in [0.15, 0.2) is 5.69 Å². The zero-order valence-corrected chi connectivity index (χ0v) is 9.56. The number of aromatic carboxylic acids is 1. The van der Waals surface area contributed by atoms with Crippen LogP contribution >= 0.6 is 12.6 Å². The minimum Gasteiger partial charge on any atom is -0.476 e. The number of hydrogen-bond donors (Lipinski definition) is 2. The van der Waals surface area contributed by atoms with Gasteiger partial charge in [0, 0.05) is 11.6 Å². The van der Waals surface area contributed by atoms with Gasteiger partial charge in [-0.3, -0.25) is 4.68 Å². The largest absolute Gasteiger partial charge is 0.476 e. The Labute approximate surface area is 102 Å². The predicted molar refractivity (Wildman–Crippen MR) is 61.9 cm³/mol. The number of halogens is 1. The number of benzene rings is 1. The molecule has 17 heavy (non-hydrogen) atoms. The molecular weight excluding hydrogens is 243 g/mol. The van der Waals surface area contributed by atoms with Crippen LogP contribution in [0, 0.1) is 5.82 Å². The van der Waals surface area contributed by atoms with Crippen LogP contribution in [0.25, 0.3) is 0 Å². The minimum absolute atomic E-state index is 0.105. The molecule has 1 heterocycles. The lowest BCUT2D eigenvalue weighted by atomic mass is 10.2. The molecule has 0 spiro atoms. The molecule has 2 aromatic rings. The van der Waals surface area contributed by atoms with Gasteiger partial charge in [-0.15, -0.1) is 12.6 Å². The van der Waals surface area contributed by atoms with Crippen molar-refractivity contribution in [2.75, 3.05) is 0 Å². The van der Waals surface area contributed by atoms with Crippen LogP contribution in [0.5, 0.6) is 0 Å². The zero-order valence-electron chi connectivity index (χ0n) is 8.67. The Morgan fingerprint density at radius 2 is 2.18 bits per heavy atom. The Hall–Kier alpha value is -1.82. The van der Waals surface area contributed by atoms with Crippen molar-refractivity contribution in [1.29, 1.82) is 0 Å². The lowest BCUT2D eigenvalue weighted by Crippen LogP contribution is -2.06. The number of carbonyl (C=O) groups is 1. The topological polar surface area (TPSA) is 55.1 Å². The highest BCUT2D eigenvalue weighted by atomic mass is 32.1. The monoisotopic (exact) mass is 252 g/mol. The molecule has 2 rings (SSSR count). The van der Waals surface area contributed by atoms with Gasteiger partial charge >= 0.3 is 5.97 Å². The lowest BCUT2D eigenvalue weighted by Gasteiger charge is -2.04. The summed E-state index contributed by atoms with van der Waals surface area (Å²) in [5.41, 5.74) is 0.328.